The van der Waals surface area contributed by atoms with Crippen LogP contribution in [0.2, 0.25) is 0 Å². The van der Waals surface area contributed by atoms with Crippen molar-refractivity contribution in [3.8, 4) is 0 Å². The number of carbonyl (C=O) groups excluding carboxylic acids is 1. The molecule has 1 amide bonds. The molecule has 2 nitrogen and oxygen atoms in total. The first-order chi connectivity index (χ1) is 8.05. The van der Waals surface area contributed by atoms with Crippen LogP contribution in [-0.2, 0) is 4.79 Å². The van der Waals surface area contributed by atoms with Crippen molar-refractivity contribution in [1.82, 2.24) is 4.90 Å². The molecule has 1 aliphatic rings. The summed E-state index contributed by atoms with van der Waals surface area (Å²) in [6.07, 6.45) is 0.725. The van der Waals surface area contributed by atoms with Crippen molar-refractivity contribution in [3.63, 3.8) is 0 Å². The fourth-order valence-electron chi connectivity index (χ4n) is 2.35. The Morgan fingerprint density at radius 2 is 1.83 bits per heavy atom. The summed E-state index contributed by atoms with van der Waals surface area (Å²) in [6, 6.07) is 0. The van der Waals surface area contributed by atoms with E-state index >= 15 is 0 Å². The molecule has 0 aromatic heterocycles. The van der Waals surface area contributed by atoms with Gasteiger partial charge in [-0.15, -0.1) is 0 Å². The van der Waals surface area contributed by atoms with Gasteiger partial charge in [0.15, 0.2) is 0 Å². The van der Waals surface area contributed by atoms with Gasteiger partial charge in [0.25, 0.3) is 0 Å². The molecule has 0 bridgehead atoms. The van der Waals surface area contributed by atoms with Crippen molar-refractivity contribution in [2.75, 3.05) is 18.4 Å². The van der Waals surface area contributed by atoms with E-state index in [1.54, 1.807) is 0 Å². The zero-order chi connectivity index (χ0) is 14.1. The summed E-state index contributed by atoms with van der Waals surface area (Å²) in [6.45, 7) is 15.3. The number of amides is 1. The topological polar surface area (TPSA) is 20.3 Å². The highest BCUT2D eigenvalue weighted by Gasteiger charge is 2.38. The number of likely N-dealkylation sites (tertiary alicyclic amines) is 1. The Kier molecular flexibility index (Phi) is 4.91. The quantitative estimate of drug-likeness (QED) is 0.722. The van der Waals surface area contributed by atoms with Gasteiger partial charge in [-0.3, -0.25) is 4.79 Å². The monoisotopic (exact) mass is 317 g/mol. The third-order valence-electron chi connectivity index (χ3n) is 4.29. The van der Waals surface area contributed by atoms with Crippen LogP contribution < -0.4 is 0 Å². The molecule has 0 spiro atoms. The van der Waals surface area contributed by atoms with Crippen molar-refractivity contribution in [2.45, 2.75) is 48.0 Å². The highest BCUT2D eigenvalue weighted by molar-refractivity contribution is 9.09. The predicted octanol–water partition coefficient (Wildman–Crippen LogP) is 3.94. The van der Waals surface area contributed by atoms with E-state index < -0.39 is 0 Å². The summed E-state index contributed by atoms with van der Waals surface area (Å²) in [5, 5.41) is 0.959. The Hall–Kier alpha value is -0.0500. The molecule has 1 saturated heterocycles. The SMILES string of the molecule is CC(C)(C)C(CBr)CN1CC(C(C)(C)C)CC1=O. The molecule has 1 aliphatic heterocycles. The zero-order valence-electron chi connectivity index (χ0n) is 12.7. The van der Waals surface area contributed by atoms with Crippen LogP contribution in [-0.4, -0.2) is 29.2 Å². The van der Waals surface area contributed by atoms with Gasteiger partial charge in [-0.25, -0.2) is 0 Å². The molecular weight excluding hydrogens is 290 g/mol. The molecule has 0 radical (unpaired) electrons. The highest BCUT2D eigenvalue weighted by Crippen LogP contribution is 2.36. The Morgan fingerprint density at radius 3 is 2.17 bits per heavy atom. The van der Waals surface area contributed by atoms with Crippen molar-refractivity contribution < 1.29 is 4.79 Å². The van der Waals surface area contributed by atoms with Crippen LogP contribution in [0.5, 0.6) is 0 Å². The van der Waals surface area contributed by atoms with E-state index in [1.807, 2.05) is 0 Å². The van der Waals surface area contributed by atoms with E-state index in [0.717, 1.165) is 24.8 Å². The molecule has 0 aliphatic carbocycles. The normalized spacial score (nSPS) is 23.6. The number of hydrogen-bond acceptors (Lipinski definition) is 1. The van der Waals surface area contributed by atoms with Gasteiger partial charge in [0.05, 0.1) is 0 Å². The average Bonchev–Trinajstić information content (AvgIpc) is 2.54. The summed E-state index contributed by atoms with van der Waals surface area (Å²) in [7, 11) is 0. The first kappa shape index (κ1) is 16.0. The first-order valence-electron chi connectivity index (χ1n) is 6.89. The number of carbonyl (C=O) groups is 1. The predicted molar refractivity (Wildman–Crippen MR) is 80.9 cm³/mol. The summed E-state index contributed by atoms with van der Waals surface area (Å²) in [4.78, 5) is 14.2. The maximum atomic E-state index is 12.1. The Bertz CT molecular complexity index is 301. The van der Waals surface area contributed by atoms with Gasteiger partial charge < -0.3 is 4.90 Å². The molecule has 1 fully saturated rings. The smallest absolute Gasteiger partial charge is 0.222 e. The van der Waals surface area contributed by atoms with Crippen molar-refractivity contribution in [3.05, 3.63) is 0 Å². The Morgan fingerprint density at radius 1 is 1.28 bits per heavy atom. The molecule has 2 unspecified atom stereocenters. The van der Waals surface area contributed by atoms with E-state index in [1.165, 1.54) is 0 Å². The molecule has 18 heavy (non-hydrogen) atoms. The molecule has 106 valence electrons. The minimum absolute atomic E-state index is 0.232. The molecule has 0 N–H and O–H groups in total. The lowest BCUT2D eigenvalue weighted by Gasteiger charge is -2.33. The van der Waals surface area contributed by atoms with Crippen LogP contribution >= 0.6 is 15.9 Å². The van der Waals surface area contributed by atoms with Crippen LogP contribution in [0, 0.1) is 22.7 Å². The van der Waals surface area contributed by atoms with Gasteiger partial charge in [-0.05, 0) is 22.7 Å². The maximum Gasteiger partial charge on any atom is 0.222 e. The van der Waals surface area contributed by atoms with Crippen LogP contribution in [0.1, 0.15) is 48.0 Å². The second-order valence-electron chi connectivity index (χ2n) is 7.78. The Balaban J connectivity index is 2.67. The van der Waals surface area contributed by atoms with E-state index in [-0.39, 0.29) is 10.8 Å². The van der Waals surface area contributed by atoms with Gasteiger partial charge in [-0.2, -0.15) is 0 Å². The molecule has 0 saturated carbocycles. The number of halogens is 1. The fourth-order valence-corrected chi connectivity index (χ4v) is 3.52. The van der Waals surface area contributed by atoms with Gasteiger partial charge in [0, 0.05) is 24.8 Å². The van der Waals surface area contributed by atoms with Crippen LogP contribution in [0.3, 0.4) is 0 Å². The van der Waals surface area contributed by atoms with Gasteiger partial charge in [0.2, 0.25) is 5.91 Å². The van der Waals surface area contributed by atoms with Crippen molar-refractivity contribution in [1.29, 1.82) is 0 Å². The Labute approximate surface area is 121 Å². The fraction of sp³-hybridized carbons (Fsp3) is 0.933. The number of rotatable bonds is 3. The molecule has 1 heterocycles. The molecule has 1 rings (SSSR count). The van der Waals surface area contributed by atoms with Crippen molar-refractivity contribution in [2.24, 2.45) is 22.7 Å². The third-order valence-corrected chi connectivity index (χ3v) is 5.07. The van der Waals surface area contributed by atoms with Gasteiger partial charge in [0.1, 0.15) is 0 Å². The van der Waals surface area contributed by atoms with Crippen molar-refractivity contribution >= 4 is 21.8 Å². The summed E-state index contributed by atoms with van der Waals surface area (Å²) >= 11 is 3.60. The van der Waals surface area contributed by atoms with E-state index in [0.29, 0.717) is 17.7 Å². The molecule has 0 aromatic rings. The van der Waals surface area contributed by atoms with E-state index in [4.69, 9.17) is 0 Å². The van der Waals surface area contributed by atoms with Crippen LogP contribution in [0.15, 0.2) is 0 Å². The summed E-state index contributed by atoms with van der Waals surface area (Å²) in [5.41, 5.74) is 0.472. The lowest BCUT2D eigenvalue weighted by molar-refractivity contribution is -0.128. The molecule has 0 aromatic carbocycles. The van der Waals surface area contributed by atoms with E-state index in [2.05, 4.69) is 62.4 Å². The zero-order valence-corrected chi connectivity index (χ0v) is 14.3. The van der Waals surface area contributed by atoms with Crippen LogP contribution in [0.4, 0.5) is 0 Å². The number of alkyl halides is 1. The lowest BCUT2D eigenvalue weighted by atomic mass is 9.80. The van der Waals surface area contributed by atoms with Gasteiger partial charge >= 0.3 is 0 Å². The minimum Gasteiger partial charge on any atom is -0.342 e. The minimum atomic E-state index is 0.232. The summed E-state index contributed by atoms with van der Waals surface area (Å²) in [5.74, 6) is 1.35. The largest absolute Gasteiger partial charge is 0.342 e. The number of nitrogens with zero attached hydrogens (tertiary/aromatic N) is 1. The molecular formula is C15H28BrNO. The second kappa shape index (κ2) is 5.52. The molecule has 2 atom stereocenters. The van der Waals surface area contributed by atoms with Gasteiger partial charge in [-0.1, -0.05) is 57.5 Å². The summed E-state index contributed by atoms with van der Waals surface area (Å²) < 4.78 is 0. The van der Waals surface area contributed by atoms with Crippen LogP contribution in [0.25, 0.3) is 0 Å². The second-order valence-corrected chi connectivity index (χ2v) is 8.43. The first-order valence-corrected chi connectivity index (χ1v) is 8.01. The number of hydrogen-bond donors (Lipinski definition) is 0. The maximum absolute atomic E-state index is 12.1. The third kappa shape index (κ3) is 3.97. The lowest BCUT2D eigenvalue weighted by Crippen LogP contribution is -2.37. The van der Waals surface area contributed by atoms with E-state index in [9.17, 15) is 4.79 Å². The standard InChI is InChI=1S/C15H28BrNO/c1-14(2,3)11-7-13(18)17(9-11)10-12(8-16)15(4,5)6/h11-12H,7-10H2,1-6H3. The highest BCUT2D eigenvalue weighted by atomic mass is 79.9. The molecule has 3 heteroatoms. The average molecular weight is 318 g/mol.